The zero-order valence-corrected chi connectivity index (χ0v) is 9.03. The first kappa shape index (κ1) is 13.8. The minimum absolute atomic E-state index is 0.366. The summed E-state index contributed by atoms with van der Waals surface area (Å²) in [7, 11) is -4.61. The topological polar surface area (TPSA) is 107 Å². The fraction of sp³-hybridized carbons (Fsp3) is 1.00. The van der Waals surface area contributed by atoms with Crippen LogP contribution in [-0.4, -0.2) is 41.4 Å². The molecule has 0 spiro atoms. The molecule has 0 fully saturated rings. The highest BCUT2D eigenvalue weighted by molar-refractivity contribution is 7.86. The molecule has 0 bridgehead atoms. The van der Waals surface area contributed by atoms with E-state index in [9.17, 15) is 8.42 Å². The molecule has 7 heteroatoms. The first-order valence-electron chi connectivity index (χ1n) is 4.31. The van der Waals surface area contributed by atoms with Gasteiger partial charge in [-0.05, 0) is 18.9 Å². The fourth-order valence-electron chi connectivity index (χ4n) is 0.784. The van der Waals surface area contributed by atoms with Crippen LogP contribution in [0.25, 0.3) is 0 Å². The number of rotatable bonds is 6. The molecule has 2 unspecified atom stereocenters. The van der Waals surface area contributed by atoms with Gasteiger partial charge in [0.2, 0.25) is 5.44 Å². The Kier molecular flexibility index (Phi) is 5.53. The maximum absolute atomic E-state index is 10.4. The second-order valence-corrected chi connectivity index (χ2v) is 5.00. The van der Waals surface area contributed by atoms with Gasteiger partial charge >= 0.3 is 0 Å². The molecule has 0 heterocycles. The maximum Gasteiger partial charge on any atom is 0.296 e. The van der Waals surface area contributed by atoms with E-state index in [1.165, 1.54) is 0 Å². The minimum atomic E-state index is -4.61. The zero-order valence-electron chi connectivity index (χ0n) is 8.21. The predicted molar refractivity (Wildman–Crippen MR) is 51.0 cm³/mol. The molecule has 0 radical (unpaired) electrons. The lowest BCUT2D eigenvalue weighted by Crippen LogP contribution is -2.44. The van der Waals surface area contributed by atoms with Crippen LogP contribution >= 0.6 is 0 Å². The molecule has 0 amide bonds. The second kappa shape index (κ2) is 5.62. The fourth-order valence-corrected chi connectivity index (χ4v) is 1.21. The van der Waals surface area contributed by atoms with Crippen LogP contribution in [0.15, 0.2) is 0 Å². The van der Waals surface area contributed by atoms with E-state index in [0.29, 0.717) is 12.5 Å². The number of nitrogens with one attached hydrogen (secondary N) is 1. The summed E-state index contributed by atoms with van der Waals surface area (Å²) < 4.78 is 29.1. The van der Waals surface area contributed by atoms with Crippen molar-refractivity contribution in [1.29, 1.82) is 0 Å². The molecule has 0 rings (SSSR count). The highest BCUT2D eigenvalue weighted by Gasteiger charge is 2.27. The zero-order chi connectivity index (χ0) is 11.4. The van der Waals surface area contributed by atoms with E-state index in [1.807, 2.05) is 13.8 Å². The van der Waals surface area contributed by atoms with Crippen LogP contribution in [-0.2, 0) is 10.1 Å². The lowest BCUT2D eigenvalue weighted by Gasteiger charge is -2.17. The van der Waals surface area contributed by atoms with Crippen LogP contribution in [0.5, 0.6) is 0 Å². The Labute approximate surface area is 83.7 Å². The number of hydrogen-bond acceptors (Lipinski definition) is 5. The molecule has 86 valence electrons. The summed E-state index contributed by atoms with van der Waals surface area (Å²) in [6.45, 7) is 4.30. The molecule has 2 atom stereocenters. The molecular formula is C7H17NO5S. The Hall–Kier alpha value is -0.210. The summed E-state index contributed by atoms with van der Waals surface area (Å²) in [5, 5.41) is 20.3. The Morgan fingerprint density at radius 3 is 2.14 bits per heavy atom. The molecule has 6 nitrogen and oxygen atoms in total. The number of hydrogen-bond donors (Lipinski definition) is 4. The highest BCUT2D eigenvalue weighted by atomic mass is 32.2. The normalized spacial score (nSPS) is 17.0. The second-order valence-electron chi connectivity index (χ2n) is 3.49. The monoisotopic (exact) mass is 227 g/mol. The first-order valence-corrected chi connectivity index (χ1v) is 5.81. The standard InChI is InChI=1S/C7H17NO5S/c1-5(2)3-4-8-6(9)7(10)14(11,12)13/h5-10H,3-4H2,1-2H3,(H,11,12,13). The Morgan fingerprint density at radius 2 is 1.79 bits per heavy atom. The van der Waals surface area contributed by atoms with Crippen molar-refractivity contribution in [2.24, 2.45) is 5.92 Å². The van der Waals surface area contributed by atoms with Gasteiger partial charge in [-0.25, -0.2) is 0 Å². The van der Waals surface area contributed by atoms with Gasteiger partial charge in [-0.15, -0.1) is 0 Å². The Morgan fingerprint density at radius 1 is 1.29 bits per heavy atom. The van der Waals surface area contributed by atoms with Crippen molar-refractivity contribution in [3.05, 3.63) is 0 Å². The molecule has 0 aliphatic rings. The molecule has 14 heavy (non-hydrogen) atoms. The van der Waals surface area contributed by atoms with Crippen LogP contribution in [0, 0.1) is 5.92 Å². The van der Waals surface area contributed by atoms with Crippen LogP contribution in [0.3, 0.4) is 0 Å². The van der Waals surface area contributed by atoms with Crippen molar-refractivity contribution < 1.29 is 23.2 Å². The van der Waals surface area contributed by atoms with Crippen LogP contribution < -0.4 is 5.32 Å². The third-order valence-electron chi connectivity index (χ3n) is 1.65. The molecule has 0 aliphatic heterocycles. The third-order valence-corrected chi connectivity index (χ3v) is 2.52. The van der Waals surface area contributed by atoms with E-state index < -0.39 is 21.8 Å². The van der Waals surface area contributed by atoms with Crippen LogP contribution in [0.2, 0.25) is 0 Å². The molecule has 0 aliphatic carbocycles. The van der Waals surface area contributed by atoms with Gasteiger partial charge in [-0.1, -0.05) is 13.8 Å². The first-order chi connectivity index (χ1) is 6.25. The van der Waals surface area contributed by atoms with Crippen molar-refractivity contribution in [3.8, 4) is 0 Å². The number of aliphatic hydroxyl groups excluding tert-OH is 2. The summed E-state index contributed by atoms with van der Waals surface area (Å²) in [5.74, 6) is 0.401. The Balaban J connectivity index is 3.91. The summed E-state index contributed by atoms with van der Waals surface area (Å²) in [5.41, 5.74) is -2.20. The van der Waals surface area contributed by atoms with E-state index in [0.717, 1.165) is 6.42 Å². The van der Waals surface area contributed by atoms with Crippen LogP contribution in [0.4, 0.5) is 0 Å². The van der Waals surface area contributed by atoms with E-state index in [-0.39, 0.29) is 0 Å². The summed E-state index contributed by atoms with van der Waals surface area (Å²) in [6, 6.07) is 0. The van der Waals surface area contributed by atoms with Gasteiger partial charge < -0.3 is 10.2 Å². The van der Waals surface area contributed by atoms with Crippen LogP contribution in [0.1, 0.15) is 20.3 Å². The summed E-state index contributed by atoms with van der Waals surface area (Å²) >= 11 is 0. The third kappa shape index (κ3) is 5.51. The van der Waals surface area contributed by atoms with Gasteiger partial charge in [0, 0.05) is 0 Å². The van der Waals surface area contributed by atoms with Gasteiger partial charge in [0.1, 0.15) is 6.23 Å². The van der Waals surface area contributed by atoms with Crippen molar-refractivity contribution in [2.75, 3.05) is 6.54 Å². The van der Waals surface area contributed by atoms with Gasteiger partial charge in [0.05, 0.1) is 0 Å². The van der Waals surface area contributed by atoms with Crippen molar-refractivity contribution in [1.82, 2.24) is 5.32 Å². The molecule has 0 aromatic rings. The summed E-state index contributed by atoms with van der Waals surface area (Å²) in [4.78, 5) is 0. The minimum Gasteiger partial charge on any atom is -0.375 e. The van der Waals surface area contributed by atoms with Gasteiger partial charge in [-0.2, -0.15) is 8.42 Å². The quantitative estimate of drug-likeness (QED) is 0.348. The molecule has 0 aromatic carbocycles. The number of aliphatic hydroxyl groups is 2. The van der Waals surface area contributed by atoms with E-state index in [4.69, 9.17) is 14.8 Å². The van der Waals surface area contributed by atoms with E-state index in [1.54, 1.807) is 0 Å². The Bertz CT molecular complexity index is 251. The average molecular weight is 227 g/mol. The SMILES string of the molecule is CC(C)CCNC(O)C(O)S(=O)(=O)O. The van der Waals surface area contributed by atoms with E-state index in [2.05, 4.69) is 5.32 Å². The van der Waals surface area contributed by atoms with E-state index >= 15 is 0 Å². The van der Waals surface area contributed by atoms with Gasteiger partial charge in [0.25, 0.3) is 10.1 Å². The predicted octanol–water partition coefficient (Wildman–Crippen LogP) is -0.853. The van der Waals surface area contributed by atoms with Crippen molar-refractivity contribution in [2.45, 2.75) is 31.9 Å². The lowest BCUT2D eigenvalue weighted by atomic mass is 10.1. The molecule has 0 saturated carbocycles. The summed E-state index contributed by atoms with van der Waals surface area (Å²) in [6.07, 6.45) is -0.932. The highest BCUT2D eigenvalue weighted by Crippen LogP contribution is 2.01. The van der Waals surface area contributed by atoms with Gasteiger partial charge in [0.15, 0.2) is 0 Å². The molecular weight excluding hydrogens is 210 g/mol. The largest absolute Gasteiger partial charge is 0.375 e. The maximum atomic E-state index is 10.4. The average Bonchev–Trinajstić information content (AvgIpc) is 2.00. The molecule has 0 saturated heterocycles. The van der Waals surface area contributed by atoms with Crippen molar-refractivity contribution >= 4 is 10.1 Å². The van der Waals surface area contributed by atoms with Gasteiger partial charge in [-0.3, -0.25) is 9.87 Å². The van der Waals surface area contributed by atoms with Crippen molar-refractivity contribution in [3.63, 3.8) is 0 Å². The molecule has 4 N–H and O–H groups in total. The lowest BCUT2D eigenvalue weighted by molar-refractivity contribution is 0.0378. The molecule has 0 aromatic heterocycles. The smallest absolute Gasteiger partial charge is 0.296 e.